The molecular weight excluding hydrogens is 430 g/mol. The molecule has 2 aromatic carbocycles. The average molecular weight is 460 g/mol. The molecule has 1 saturated heterocycles. The summed E-state index contributed by atoms with van der Waals surface area (Å²) < 4.78 is 42.2. The average Bonchev–Trinajstić information content (AvgIpc) is 3.23. The molecule has 0 amide bonds. The summed E-state index contributed by atoms with van der Waals surface area (Å²) in [4.78, 5) is 13.1. The van der Waals surface area contributed by atoms with E-state index in [0.29, 0.717) is 26.1 Å². The number of ether oxygens (including phenoxy) is 2. The molecule has 0 radical (unpaired) electrons. The molecule has 1 N–H and O–H groups in total. The third-order valence-electron chi connectivity index (χ3n) is 6.23. The van der Waals surface area contributed by atoms with Gasteiger partial charge in [-0.3, -0.25) is 4.79 Å². The van der Waals surface area contributed by atoms with Crippen molar-refractivity contribution in [2.75, 3.05) is 13.2 Å². The molecule has 8 heteroatoms. The molecule has 7 nitrogen and oxygen atoms in total. The minimum atomic E-state index is -4.22. The number of rotatable bonds is 6. The Morgan fingerprint density at radius 3 is 2.41 bits per heavy atom. The molecule has 172 valence electrons. The van der Waals surface area contributed by atoms with Crippen LogP contribution < -0.4 is 5.32 Å². The van der Waals surface area contributed by atoms with E-state index in [1.165, 1.54) is 12.1 Å². The van der Waals surface area contributed by atoms with Crippen LogP contribution in [0, 0.1) is 12.8 Å². The van der Waals surface area contributed by atoms with Crippen molar-refractivity contribution < 1.29 is 26.9 Å². The molecule has 2 aromatic rings. The van der Waals surface area contributed by atoms with Crippen LogP contribution in [0.5, 0.6) is 0 Å². The maximum Gasteiger partial charge on any atom is 0.341 e. The zero-order valence-corrected chi connectivity index (χ0v) is 19.1. The third kappa shape index (κ3) is 5.04. The highest BCUT2D eigenvalue weighted by Gasteiger charge is 2.49. The van der Waals surface area contributed by atoms with Crippen molar-refractivity contribution in [1.29, 1.82) is 0 Å². The van der Waals surface area contributed by atoms with E-state index in [-0.39, 0.29) is 23.4 Å². The number of carbonyl (C=O) groups is 1. The van der Waals surface area contributed by atoms with Crippen LogP contribution in [0.2, 0.25) is 0 Å². The van der Waals surface area contributed by atoms with Gasteiger partial charge in [-0.2, -0.15) is 8.42 Å². The molecule has 3 atom stereocenters. The zero-order chi connectivity index (χ0) is 22.8. The maximum absolute atomic E-state index is 13.2. The fraction of sp³-hybridized carbons (Fsp3) is 0.458. The Labute approximate surface area is 189 Å². The van der Waals surface area contributed by atoms with Crippen LogP contribution in [-0.2, 0) is 28.6 Å². The van der Waals surface area contributed by atoms with Gasteiger partial charge >= 0.3 is 16.1 Å². The summed E-state index contributed by atoms with van der Waals surface area (Å²) in [5.41, 5.74) is 2.00. The highest BCUT2D eigenvalue weighted by molar-refractivity contribution is 7.87. The van der Waals surface area contributed by atoms with Gasteiger partial charge in [0, 0.05) is 24.9 Å². The summed E-state index contributed by atoms with van der Waals surface area (Å²) in [6.45, 7) is 4.80. The molecule has 4 rings (SSSR count). The molecule has 1 saturated carbocycles. The van der Waals surface area contributed by atoms with Crippen LogP contribution in [0.1, 0.15) is 43.4 Å². The number of hydrogen-bond acceptors (Lipinski definition) is 7. The Morgan fingerprint density at radius 1 is 1.09 bits per heavy atom. The van der Waals surface area contributed by atoms with E-state index in [1.807, 2.05) is 44.2 Å². The number of carbonyl (C=O) groups excluding carboxylic acids is 1. The van der Waals surface area contributed by atoms with Crippen LogP contribution in [0.4, 0.5) is 0 Å². The molecule has 1 aliphatic carbocycles. The van der Waals surface area contributed by atoms with Gasteiger partial charge < -0.3 is 19.0 Å². The van der Waals surface area contributed by atoms with Gasteiger partial charge in [-0.05, 0) is 38.0 Å². The summed E-state index contributed by atoms with van der Waals surface area (Å²) in [6.07, 6.45) is 1.47. The molecule has 1 aliphatic heterocycles. The van der Waals surface area contributed by atoms with Gasteiger partial charge in [-0.25, -0.2) is 0 Å². The molecule has 1 heterocycles. The van der Waals surface area contributed by atoms with Crippen molar-refractivity contribution in [1.82, 2.24) is 5.32 Å². The van der Waals surface area contributed by atoms with Gasteiger partial charge in [0.05, 0.1) is 19.1 Å². The van der Waals surface area contributed by atoms with Gasteiger partial charge in [0.15, 0.2) is 5.79 Å². The van der Waals surface area contributed by atoms with Crippen molar-refractivity contribution in [3.05, 3.63) is 65.7 Å². The molecule has 0 bridgehead atoms. The smallest absolute Gasteiger partial charge is 0.341 e. The fourth-order valence-corrected chi connectivity index (χ4v) is 5.35. The quantitative estimate of drug-likeness (QED) is 0.661. The summed E-state index contributed by atoms with van der Waals surface area (Å²) >= 11 is 0. The molecular formula is C24H29NO6S. The molecule has 0 unspecified atom stereocenters. The topological polar surface area (TPSA) is 90.9 Å². The second-order valence-corrected chi connectivity index (χ2v) is 10.1. The van der Waals surface area contributed by atoms with E-state index in [1.54, 1.807) is 12.1 Å². The van der Waals surface area contributed by atoms with Crippen molar-refractivity contribution in [3.8, 4) is 0 Å². The molecule has 32 heavy (non-hydrogen) atoms. The lowest BCUT2D eigenvalue weighted by Crippen LogP contribution is -2.51. The van der Waals surface area contributed by atoms with Gasteiger partial charge in [0.25, 0.3) is 0 Å². The second kappa shape index (κ2) is 9.31. The fourth-order valence-electron chi connectivity index (χ4n) is 4.44. The highest BCUT2D eigenvalue weighted by atomic mass is 32.2. The van der Waals surface area contributed by atoms with E-state index < -0.39 is 27.8 Å². The first-order valence-electron chi connectivity index (χ1n) is 10.9. The number of benzene rings is 2. The molecule has 2 fully saturated rings. The van der Waals surface area contributed by atoms with E-state index in [9.17, 15) is 13.2 Å². The summed E-state index contributed by atoms with van der Waals surface area (Å²) in [5.74, 6) is -2.37. The Balaban J connectivity index is 1.54. The summed E-state index contributed by atoms with van der Waals surface area (Å²) in [7, 11) is -4.22. The van der Waals surface area contributed by atoms with Gasteiger partial charge in [-0.1, -0.05) is 48.0 Å². The van der Waals surface area contributed by atoms with E-state index in [0.717, 1.165) is 11.1 Å². The number of hydrogen-bond donors (Lipinski definition) is 1. The first kappa shape index (κ1) is 22.9. The molecule has 2 aliphatic rings. The highest BCUT2D eigenvalue weighted by Crippen LogP contribution is 2.40. The maximum atomic E-state index is 13.2. The Morgan fingerprint density at radius 2 is 1.75 bits per heavy atom. The summed E-state index contributed by atoms with van der Waals surface area (Å²) in [6, 6.07) is 15.8. The van der Waals surface area contributed by atoms with Gasteiger partial charge in [0.1, 0.15) is 4.90 Å². The van der Waals surface area contributed by atoms with Crippen LogP contribution in [0.3, 0.4) is 0 Å². The predicted octanol–water partition coefficient (Wildman–Crippen LogP) is 3.49. The standard InChI is InChI=1S/C24H29NO6S/c1-17-8-10-20(11-9-17)32(27,28)31-23(26)21-16-24(29-14-15-30-24)13-12-22(21)25-18(2)19-6-4-3-5-7-19/h3-11,18,21-22,25H,12-16H2,1-2H3/t18-,21+,22-/m0/s1. The van der Waals surface area contributed by atoms with Crippen LogP contribution in [0.15, 0.2) is 59.5 Å². The lowest BCUT2D eigenvalue weighted by Gasteiger charge is -2.41. The van der Waals surface area contributed by atoms with Crippen LogP contribution in [-0.4, -0.2) is 39.4 Å². The Hall–Kier alpha value is -2.26. The minimum Gasteiger partial charge on any atom is -0.348 e. The predicted molar refractivity (Wildman–Crippen MR) is 118 cm³/mol. The normalized spacial score (nSPS) is 23.7. The Kier molecular flexibility index (Phi) is 6.67. The first-order chi connectivity index (χ1) is 15.3. The van der Waals surface area contributed by atoms with Gasteiger partial charge in [0.2, 0.25) is 0 Å². The van der Waals surface area contributed by atoms with Crippen molar-refractivity contribution in [2.45, 2.75) is 55.9 Å². The third-order valence-corrected chi connectivity index (χ3v) is 7.47. The summed E-state index contributed by atoms with van der Waals surface area (Å²) in [5, 5.41) is 3.50. The van der Waals surface area contributed by atoms with Crippen LogP contribution >= 0.6 is 0 Å². The van der Waals surface area contributed by atoms with Crippen molar-refractivity contribution >= 4 is 16.1 Å². The van der Waals surface area contributed by atoms with E-state index >= 15 is 0 Å². The molecule has 1 spiro atoms. The zero-order valence-electron chi connectivity index (χ0n) is 18.3. The monoisotopic (exact) mass is 459 g/mol. The SMILES string of the molecule is Cc1ccc(S(=O)(=O)OC(=O)[C@@H]2CC3(CC[C@@H]2N[C@@H](C)c2ccccc2)OCCO3)cc1. The van der Waals surface area contributed by atoms with Crippen LogP contribution in [0.25, 0.3) is 0 Å². The van der Waals surface area contributed by atoms with E-state index in [4.69, 9.17) is 13.7 Å². The lowest BCUT2D eigenvalue weighted by molar-refractivity contribution is -0.196. The minimum absolute atomic E-state index is 0.0235. The number of nitrogens with one attached hydrogen (secondary N) is 1. The first-order valence-corrected chi connectivity index (χ1v) is 12.3. The van der Waals surface area contributed by atoms with E-state index in [2.05, 4.69) is 5.32 Å². The lowest BCUT2D eigenvalue weighted by atomic mass is 9.80. The van der Waals surface area contributed by atoms with Gasteiger partial charge in [-0.15, -0.1) is 0 Å². The Bertz CT molecular complexity index is 1030. The molecule has 0 aromatic heterocycles. The largest absolute Gasteiger partial charge is 0.348 e. The van der Waals surface area contributed by atoms with Crippen molar-refractivity contribution in [2.24, 2.45) is 5.92 Å². The number of aryl methyl sites for hydroxylation is 1. The second-order valence-electron chi connectivity index (χ2n) is 8.53. The van der Waals surface area contributed by atoms with Crippen molar-refractivity contribution in [3.63, 3.8) is 0 Å².